The molecule has 0 radical (unpaired) electrons. The highest BCUT2D eigenvalue weighted by atomic mass is 16.5. The van der Waals surface area contributed by atoms with E-state index >= 15 is 0 Å². The van der Waals surface area contributed by atoms with Gasteiger partial charge in [0.1, 0.15) is 6.10 Å². The van der Waals surface area contributed by atoms with Crippen LogP contribution in [-0.2, 0) is 9.47 Å². The van der Waals surface area contributed by atoms with Crippen LogP contribution in [0.2, 0.25) is 0 Å². The van der Waals surface area contributed by atoms with Crippen LogP contribution in [-0.4, -0.2) is 19.3 Å². The predicted octanol–water partition coefficient (Wildman–Crippen LogP) is 4.91. The Labute approximate surface area is 141 Å². The van der Waals surface area contributed by atoms with Gasteiger partial charge in [0, 0.05) is 7.11 Å². The van der Waals surface area contributed by atoms with Crippen molar-refractivity contribution in [2.24, 2.45) is 28.6 Å². The van der Waals surface area contributed by atoms with E-state index in [9.17, 15) is 0 Å². The van der Waals surface area contributed by atoms with Gasteiger partial charge in [-0.1, -0.05) is 20.8 Å². The fourth-order valence-electron chi connectivity index (χ4n) is 6.62. The van der Waals surface area contributed by atoms with Gasteiger partial charge in [-0.05, 0) is 80.0 Å². The average Bonchev–Trinajstić information content (AvgIpc) is 2.75. The Balaban J connectivity index is 1.76. The zero-order chi connectivity index (χ0) is 16.7. The third-order valence-electron chi connectivity index (χ3n) is 7.65. The van der Waals surface area contributed by atoms with E-state index in [1.165, 1.54) is 38.5 Å². The summed E-state index contributed by atoms with van der Waals surface area (Å²) in [4.78, 5) is 0. The van der Waals surface area contributed by atoms with Crippen molar-refractivity contribution in [3.05, 3.63) is 0 Å². The van der Waals surface area contributed by atoms with Crippen LogP contribution >= 0.6 is 0 Å². The maximum Gasteiger partial charge on any atom is 0.286 e. The van der Waals surface area contributed by atoms with Crippen molar-refractivity contribution < 1.29 is 9.47 Å². The first-order chi connectivity index (χ1) is 10.9. The monoisotopic (exact) mass is 319 g/mol. The topological polar surface area (TPSA) is 42.2 Å². The number of nitriles is 1. The van der Waals surface area contributed by atoms with Crippen LogP contribution in [0.5, 0.6) is 0 Å². The predicted molar refractivity (Wildman–Crippen MR) is 90.6 cm³/mol. The Bertz CT molecular complexity index is 461. The van der Waals surface area contributed by atoms with E-state index in [4.69, 9.17) is 14.7 Å². The van der Waals surface area contributed by atoms with Crippen LogP contribution in [0.3, 0.4) is 0 Å². The summed E-state index contributed by atoms with van der Waals surface area (Å²) in [5, 5.41) is 8.74. The van der Waals surface area contributed by atoms with Gasteiger partial charge in [-0.2, -0.15) is 5.26 Å². The van der Waals surface area contributed by atoms with E-state index in [0.29, 0.717) is 16.9 Å². The summed E-state index contributed by atoms with van der Waals surface area (Å²) in [7, 11) is 1.88. The molecule has 0 aromatic rings. The number of nitrogens with zero attached hydrogens (tertiary/aromatic N) is 1. The van der Waals surface area contributed by atoms with Crippen molar-refractivity contribution >= 4 is 0 Å². The van der Waals surface area contributed by atoms with Gasteiger partial charge in [-0.25, -0.2) is 0 Å². The third kappa shape index (κ3) is 3.00. The number of rotatable bonds is 3. The fourth-order valence-corrected chi connectivity index (χ4v) is 6.62. The summed E-state index contributed by atoms with van der Waals surface area (Å²) in [5.41, 5.74) is 0.890. The molecule has 0 heterocycles. The molecular weight excluding hydrogens is 286 g/mol. The van der Waals surface area contributed by atoms with Crippen LogP contribution in [0.15, 0.2) is 0 Å². The van der Waals surface area contributed by atoms with Gasteiger partial charge in [-0.15, -0.1) is 0 Å². The largest absolute Gasteiger partial charge is 0.424 e. The van der Waals surface area contributed by atoms with Crippen LogP contribution in [0.1, 0.15) is 72.1 Å². The molecule has 4 atom stereocenters. The third-order valence-corrected chi connectivity index (χ3v) is 7.65. The number of hydrogen-bond donors (Lipinski definition) is 0. The summed E-state index contributed by atoms with van der Waals surface area (Å²) in [6, 6.07) is 0. The van der Waals surface area contributed by atoms with Gasteiger partial charge >= 0.3 is 0 Å². The summed E-state index contributed by atoms with van der Waals surface area (Å²) in [6.07, 6.45) is 12.2. The Kier molecular flexibility index (Phi) is 4.67. The van der Waals surface area contributed by atoms with Crippen LogP contribution in [0, 0.1) is 40.1 Å². The molecule has 3 rings (SSSR count). The molecule has 0 aliphatic heterocycles. The number of hydrogen-bond acceptors (Lipinski definition) is 3. The quantitative estimate of drug-likeness (QED) is 0.694. The van der Waals surface area contributed by atoms with Crippen molar-refractivity contribution in [3.8, 4) is 6.26 Å². The molecule has 23 heavy (non-hydrogen) atoms. The second-order valence-electron chi connectivity index (χ2n) is 9.24. The van der Waals surface area contributed by atoms with E-state index in [0.717, 1.165) is 30.6 Å². The van der Waals surface area contributed by atoms with E-state index in [1.807, 2.05) is 13.4 Å². The summed E-state index contributed by atoms with van der Waals surface area (Å²) < 4.78 is 10.9. The molecule has 0 N–H and O–H groups in total. The summed E-state index contributed by atoms with van der Waals surface area (Å²) >= 11 is 0. The second-order valence-corrected chi connectivity index (χ2v) is 9.24. The average molecular weight is 319 g/mol. The maximum absolute atomic E-state index is 8.74. The zero-order valence-corrected chi connectivity index (χ0v) is 15.3. The maximum atomic E-state index is 8.74. The lowest BCUT2D eigenvalue weighted by Gasteiger charge is -2.46. The van der Waals surface area contributed by atoms with Crippen molar-refractivity contribution in [1.82, 2.24) is 0 Å². The first kappa shape index (κ1) is 17.1. The molecule has 3 nitrogen and oxygen atoms in total. The Morgan fingerprint density at radius 1 is 0.913 bits per heavy atom. The molecular formula is C20H33NO2. The molecule has 0 saturated heterocycles. The molecule has 0 amide bonds. The number of ether oxygens (including phenoxy) is 2. The standard InChI is InChI=1S/C20H33NO2/c1-19(2)12-20(3,14-5-7-15(8-6-14)23-13-21)18-11-16(22-4)9-10-17(18)19/h14-18H,5-12H2,1-4H3. The van der Waals surface area contributed by atoms with Crippen LogP contribution in [0.4, 0.5) is 0 Å². The summed E-state index contributed by atoms with van der Waals surface area (Å²) in [6.45, 7) is 7.55. The van der Waals surface area contributed by atoms with Gasteiger partial charge in [0.05, 0.1) is 6.10 Å². The minimum Gasteiger partial charge on any atom is -0.424 e. The fraction of sp³-hybridized carbons (Fsp3) is 0.950. The zero-order valence-electron chi connectivity index (χ0n) is 15.3. The van der Waals surface area contributed by atoms with Crippen molar-refractivity contribution in [3.63, 3.8) is 0 Å². The molecule has 3 saturated carbocycles. The highest BCUT2D eigenvalue weighted by Gasteiger charge is 2.58. The molecule has 3 fully saturated rings. The first-order valence-corrected chi connectivity index (χ1v) is 9.48. The molecule has 0 aromatic carbocycles. The van der Waals surface area contributed by atoms with Gasteiger partial charge in [0.15, 0.2) is 0 Å². The molecule has 4 unspecified atom stereocenters. The Morgan fingerprint density at radius 3 is 2.17 bits per heavy atom. The second kappa shape index (κ2) is 6.28. The van der Waals surface area contributed by atoms with Gasteiger partial charge in [0.25, 0.3) is 6.26 Å². The first-order valence-electron chi connectivity index (χ1n) is 9.48. The summed E-state index contributed by atoms with van der Waals surface area (Å²) in [5.74, 6) is 2.44. The molecule has 0 bridgehead atoms. The molecule has 3 aliphatic rings. The van der Waals surface area contributed by atoms with Gasteiger partial charge in [0.2, 0.25) is 0 Å². The lowest BCUT2D eigenvalue weighted by Crippen LogP contribution is -2.40. The van der Waals surface area contributed by atoms with E-state index in [2.05, 4.69) is 20.8 Å². The van der Waals surface area contributed by atoms with Crippen molar-refractivity contribution in [2.45, 2.75) is 84.3 Å². The molecule has 0 aromatic heterocycles. The van der Waals surface area contributed by atoms with Gasteiger partial charge < -0.3 is 9.47 Å². The number of fused-ring (bicyclic) bond motifs is 1. The smallest absolute Gasteiger partial charge is 0.286 e. The SMILES string of the molecule is COC1CCC2C(C1)C(C)(C1CCC(OC#N)CC1)CC2(C)C. The van der Waals surface area contributed by atoms with E-state index in [1.54, 1.807) is 0 Å². The van der Waals surface area contributed by atoms with Gasteiger partial charge in [-0.3, -0.25) is 0 Å². The molecule has 130 valence electrons. The highest BCUT2D eigenvalue weighted by Crippen LogP contribution is 2.65. The van der Waals surface area contributed by atoms with Crippen LogP contribution < -0.4 is 0 Å². The normalized spacial score (nSPS) is 46.0. The Morgan fingerprint density at radius 2 is 1.57 bits per heavy atom. The molecule has 3 aliphatic carbocycles. The van der Waals surface area contributed by atoms with Crippen LogP contribution in [0.25, 0.3) is 0 Å². The molecule has 0 spiro atoms. The lowest BCUT2D eigenvalue weighted by molar-refractivity contribution is -0.0276. The molecule has 3 heteroatoms. The number of methoxy groups -OCH3 is 1. The van der Waals surface area contributed by atoms with Crippen molar-refractivity contribution in [2.75, 3.05) is 7.11 Å². The van der Waals surface area contributed by atoms with Crippen molar-refractivity contribution in [1.29, 1.82) is 5.26 Å². The minimum atomic E-state index is 0.170. The Hall–Kier alpha value is -0.750. The minimum absolute atomic E-state index is 0.170. The highest BCUT2D eigenvalue weighted by molar-refractivity contribution is 5.07. The lowest BCUT2D eigenvalue weighted by atomic mass is 9.60. The van der Waals surface area contributed by atoms with E-state index in [-0.39, 0.29) is 6.10 Å². The van der Waals surface area contributed by atoms with E-state index < -0.39 is 0 Å².